The Kier molecular flexibility index (Phi) is 6.09. The summed E-state index contributed by atoms with van der Waals surface area (Å²) >= 11 is 0. The molecular formula is C42H55NO7. The molecule has 0 bridgehead atoms. The van der Waals surface area contributed by atoms with Crippen LogP contribution in [-0.4, -0.2) is 74.6 Å². The van der Waals surface area contributed by atoms with Crippen LogP contribution in [0.15, 0.2) is 23.8 Å². The Morgan fingerprint density at radius 2 is 1.64 bits per heavy atom. The van der Waals surface area contributed by atoms with Crippen LogP contribution in [0.1, 0.15) is 122 Å². The Morgan fingerprint density at radius 1 is 0.880 bits per heavy atom. The lowest BCUT2D eigenvalue weighted by Crippen LogP contribution is -2.77. The lowest BCUT2D eigenvalue weighted by atomic mass is 9.40. The van der Waals surface area contributed by atoms with Gasteiger partial charge in [-0.05, 0) is 129 Å². The zero-order valence-electron chi connectivity index (χ0n) is 31.5. The molecule has 8 nitrogen and oxygen atoms in total. The summed E-state index contributed by atoms with van der Waals surface area (Å²) in [4.78, 5) is 18.2. The van der Waals surface area contributed by atoms with Crippen molar-refractivity contribution in [3.05, 3.63) is 46.2 Å². The normalized spacial score (nSPS) is 48.3. The first-order valence-corrected chi connectivity index (χ1v) is 19.3. The minimum absolute atomic E-state index is 0.123. The molecule has 270 valence electrons. The average Bonchev–Trinajstić information content (AvgIpc) is 3.51. The van der Waals surface area contributed by atoms with Gasteiger partial charge in [0.25, 0.3) is 0 Å². The molecule has 5 heterocycles. The molecule has 10 rings (SSSR count). The number of nitrogens with one attached hydrogen (secondary N) is 1. The zero-order chi connectivity index (χ0) is 35.3. The molecule has 2 aromatic rings. The van der Waals surface area contributed by atoms with Crippen LogP contribution < -0.4 is 0 Å². The molecule has 50 heavy (non-hydrogen) atoms. The number of rotatable bonds is 1. The van der Waals surface area contributed by atoms with Crippen LogP contribution >= 0.6 is 0 Å². The summed E-state index contributed by atoms with van der Waals surface area (Å²) in [6, 6.07) is 4.19. The number of carbonyl (C=O) groups excluding carboxylic acids is 1. The van der Waals surface area contributed by atoms with Crippen molar-refractivity contribution in [2.75, 3.05) is 0 Å². The van der Waals surface area contributed by atoms with Gasteiger partial charge in [0.2, 0.25) is 0 Å². The predicted octanol–water partition coefficient (Wildman–Crippen LogP) is 6.87. The second-order valence-electron chi connectivity index (χ2n) is 19.6. The summed E-state index contributed by atoms with van der Waals surface area (Å²) in [6.07, 6.45) is 5.41. The fourth-order valence-electron chi connectivity index (χ4n) is 13.6. The summed E-state index contributed by atoms with van der Waals surface area (Å²) in [5.41, 5.74) is 2.69. The lowest BCUT2D eigenvalue weighted by molar-refractivity contribution is -0.343. The SMILES string of the molecule is CC(C)=C[C@H]1O[C@@H]2[C@H](OC3CC[C@@]4(C)[C@@](O)(CCC5Cc6c([nH]c7ccc8c(c67)C[C@@H]6[C@H](C8=O)C(C)(C)OC6(C)C)[C@@]54C)[C@]34O[C@@H]24)C(C)(C)O1. The third-order valence-corrected chi connectivity index (χ3v) is 15.9. The molecule has 6 fully saturated rings. The number of hydrogen-bond acceptors (Lipinski definition) is 7. The van der Waals surface area contributed by atoms with E-state index >= 15 is 0 Å². The number of hydrogen-bond donors (Lipinski definition) is 2. The minimum Gasteiger partial charge on any atom is -0.386 e. The third kappa shape index (κ3) is 3.54. The molecule has 0 amide bonds. The number of ketones is 1. The Bertz CT molecular complexity index is 1900. The molecule has 2 unspecified atom stereocenters. The first kappa shape index (κ1) is 32.6. The van der Waals surface area contributed by atoms with Gasteiger partial charge >= 0.3 is 0 Å². The van der Waals surface area contributed by atoms with Crippen LogP contribution in [0.4, 0.5) is 0 Å². The zero-order valence-corrected chi connectivity index (χ0v) is 31.5. The summed E-state index contributed by atoms with van der Waals surface area (Å²) in [6.45, 7) is 21.5. The van der Waals surface area contributed by atoms with Gasteiger partial charge in [-0.3, -0.25) is 4.79 Å². The van der Waals surface area contributed by atoms with Gasteiger partial charge in [0.1, 0.15) is 23.9 Å². The van der Waals surface area contributed by atoms with Crippen LogP contribution in [0.25, 0.3) is 10.9 Å². The lowest BCUT2D eigenvalue weighted by Gasteiger charge is -2.66. The Labute approximate surface area is 296 Å². The van der Waals surface area contributed by atoms with Gasteiger partial charge in [-0.15, -0.1) is 0 Å². The third-order valence-electron chi connectivity index (χ3n) is 15.9. The largest absolute Gasteiger partial charge is 0.386 e. The molecule has 4 aliphatic carbocycles. The number of aromatic amines is 1. The number of Topliss-reactive ketones (excluding diaryl/α,β-unsaturated/α-hetero) is 1. The van der Waals surface area contributed by atoms with Crippen LogP contribution in [0.2, 0.25) is 0 Å². The smallest absolute Gasteiger partial charge is 0.178 e. The highest BCUT2D eigenvalue weighted by Crippen LogP contribution is 2.75. The van der Waals surface area contributed by atoms with E-state index in [0.717, 1.165) is 48.8 Å². The molecule has 2 saturated carbocycles. The van der Waals surface area contributed by atoms with E-state index in [-0.39, 0.29) is 53.1 Å². The highest BCUT2D eigenvalue weighted by atomic mass is 16.8. The Balaban J connectivity index is 1.07. The van der Waals surface area contributed by atoms with Gasteiger partial charge in [-0.1, -0.05) is 19.4 Å². The van der Waals surface area contributed by atoms with Crippen molar-refractivity contribution in [1.82, 2.24) is 4.98 Å². The van der Waals surface area contributed by atoms with E-state index in [1.165, 1.54) is 22.2 Å². The van der Waals surface area contributed by atoms with E-state index in [1.807, 2.05) is 6.08 Å². The predicted molar refractivity (Wildman–Crippen MR) is 188 cm³/mol. The van der Waals surface area contributed by atoms with E-state index in [9.17, 15) is 9.90 Å². The number of aliphatic hydroxyl groups is 1. The summed E-state index contributed by atoms with van der Waals surface area (Å²) in [7, 11) is 0. The van der Waals surface area contributed by atoms with Crippen molar-refractivity contribution in [1.29, 1.82) is 0 Å². The van der Waals surface area contributed by atoms with Gasteiger partial charge in [0, 0.05) is 38.9 Å². The van der Waals surface area contributed by atoms with Crippen LogP contribution in [0, 0.1) is 23.2 Å². The first-order valence-electron chi connectivity index (χ1n) is 19.3. The van der Waals surface area contributed by atoms with Gasteiger partial charge < -0.3 is 33.8 Å². The number of allylic oxidation sites excluding steroid dienone is 1. The maximum Gasteiger partial charge on any atom is 0.178 e. The first-order chi connectivity index (χ1) is 23.3. The highest BCUT2D eigenvalue weighted by molar-refractivity contribution is 6.06. The maximum atomic E-state index is 14.3. The summed E-state index contributed by atoms with van der Waals surface area (Å²) in [5.74, 6) is 0.568. The van der Waals surface area contributed by atoms with Crippen LogP contribution in [0.5, 0.6) is 0 Å². The van der Waals surface area contributed by atoms with Gasteiger partial charge in [0.05, 0.1) is 28.8 Å². The number of epoxide rings is 1. The van der Waals surface area contributed by atoms with Crippen molar-refractivity contribution in [2.45, 2.75) is 172 Å². The van der Waals surface area contributed by atoms with E-state index in [2.05, 4.69) is 86.4 Å². The standard InChI is InChI=1S/C42H55NO7/c1-20(2)17-28-47-32-34(38(7,8)48-28)46-27-14-15-39(9)40(10)21(13-16-41(39,45)42(27)35(32)49-42)18-24-29-23-19-25-30(37(5,6)50-36(25,3)4)31(44)22(23)11-12-26(29)43-33(24)40/h11-12,17,21,25,27-28,30,32,34-35,43,45H,13-16,18-19H2,1-10H3/t21?,25-,27?,28+,30-,32-,34+,35+,39-,40-,41+,42+/m1/s1. The van der Waals surface area contributed by atoms with Crippen LogP contribution in [0.3, 0.4) is 0 Å². The second-order valence-corrected chi connectivity index (χ2v) is 19.6. The Morgan fingerprint density at radius 3 is 2.38 bits per heavy atom. The molecule has 0 radical (unpaired) electrons. The van der Waals surface area contributed by atoms with Crippen LogP contribution in [-0.2, 0) is 41.9 Å². The van der Waals surface area contributed by atoms with Gasteiger partial charge in [0.15, 0.2) is 17.7 Å². The molecule has 12 atom stereocenters. The molecule has 8 aliphatic rings. The number of ether oxygens (including phenoxy) is 5. The fraction of sp³-hybridized carbons (Fsp3) is 0.738. The molecular weight excluding hydrogens is 630 g/mol. The molecule has 1 aromatic heterocycles. The molecule has 2 N–H and O–H groups in total. The topological polar surface area (TPSA) is 103 Å². The van der Waals surface area contributed by atoms with E-state index in [1.54, 1.807) is 0 Å². The number of fused-ring (bicyclic) bond motifs is 12. The second kappa shape index (κ2) is 9.34. The number of carbonyl (C=O) groups is 1. The number of benzene rings is 1. The quantitative estimate of drug-likeness (QED) is 0.250. The van der Waals surface area contributed by atoms with Crippen molar-refractivity contribution < 1.29 is 33.6 Å². The van der Waals surface area contributed by atoms with Gasteiger partial charge in [-0.25, -0.2) is 0 Å². The highest BCUT2D eigenvalue weighted by Gasteiger charge is 2.87. The summed E-state index contributed by atoms with van der Waals surface area (Å²) < 4.78 is 33.4. The molecule has 4 saturated heterocycles. The molecule has 1 spiro atoms. The van der Waals surface area contributed by atoms with E-state index in [4.69, 9.17) is 23.7 Å². The monoisotopic (exact) mass is 685 g/mol. The molecule has 4 aliphatic heterocycles. The van der Waals surface area contributed by atoms with Crippen molar-refractivity contribution in [3.8, 4) is 0 Å². The maximum absolute atomic E-state index is 14.3. The number of aromatic nitrogens is 1. The van der Waals surface area contributed by atoms with Crippen molar-refractivity contribution in [3.63, 3.8) is 0 Å². The van der Waals surface area contributed by atoms with E-state index in [0.29, 0.717) is 12.3 Å². The van der Waals surface area contributed by atoms with Gasteiger partial charge in [-0.2, -0.15) is 0 Å². The Hall–Kier alpha value is -2.07. The van der Waals surface area contributed by atoms with Crippen molar-refractivity contribution >= 4 is 16.7 Å². The summed E-state index contributed by atoms with van der Waals surface area (Å²) in [5, 5.41) is 14.7. The van der Waals surface area contributed by atoms with Crippen molar-refractivity contribution in [2.24, 2.45) is 23.2 Å². The average molecular weight is 686 g/mol. The number of H-pyrrole nitrogens is 1. The molecule has 1 aromatic carbocycles. The molecule has 8 heteroatoms. The minimum atomic E-state index is -1.11. The van der Waals surface area contributed by atoms with E-state index < -0.39 is 34.1 Å². The fourth-order valence-corrected chi connectivity index (χ4v) is 13.6.